The summed E-state index contributed by atoms with van der Waals surface area (Å²) >= 11 is 0. The zero-order valence-corrected chi connectivity index (χ0v) is 14.0. The third-order valence-corrected chi connectivity index (χ3v) is 4.15. The maximum absolute atomic E-state index is 13.3. The molecule has 7 heteroatoms. The van der Waals surface area contributed by atoms with E-state index in [9.17, 15) is 14.0 Å². The summed E-state index contributed by atoms with van der Waals surface area (Å²) in [4.78, 5) is 30.9. The molecule has 2 aromatic carbocycles. The van der Waals surface area contributed by atoms with Crippen molar-refractivity contribution >= 4 is 22.6 Å². The van der Waals surface area contributed by atoms with Crippen LogP contribution in [0.15, 0.2) is 47.3 Å². The van der Waals surface area contributed by atoms with Crippen LogP contribution >= 0.6 is 0 Å². The van der Waals surface area contributed by atoms with Crippen molar-refractivity contribution in [2.45, 2.75) is 19.5 Å². The summed E-state index contributed by atoms with van der Waals surface area (Å²) < 4.78 is 13.3. The second-order valence-electron chi connectivity index (χ2n) is 6.05. The monoisotopic (exact) mass is 342 g/mol. The number of amides is 1. The zero-order chi connectivity index (χ0) is 18.0. The van der Waals surface area contributed by atoms with Gasteiger partial charge in [-0.1, -0.05) is 12.1 Å². The number of halogens is 1. The highest BCUT2D eigenvalue weighted by Crippen LogP contribution is 2.16. The number of imidazole rings is 1. The van der Waals surface area contributed by atoms with Gasteiger partial charge in [-0.2, -0.15) is 0 Å². The van der Waals surface area contributed by atoms with Crippen molar-refractivity contribution in [3.8, 4) is 0 Å². The fraction of sp³-hybridized carbons (Fsp3) is 0.222. The SMILES string of the molecule is CC(C(=O)Nc1ccc2[nH]c(=O)[nH]c2c1)N(C)Cc1cccc(F)c1. The van der Waals surface area contributed by atoms with Crippen LogP contribution in [0.2, 0.25) is 0 Å². The number of carbonyl (C=O) groups is 1. The fourth-order valence-electron chi connectivity index (χ4n) is 2.62. The Balaban J connectivity index is 1.67. The summed E-state index contributed by atoms with van der Waals surface area (Å²) in [5, 5.41) is 2.83. The largest absolute Gasteiger partial charge is 0.325 e. The third kappa shape index (κ3) is 3.95. The Labute approximate surface area is 143 Å². The quantitative estimate of drug-likeness (QED) is 0.666. The van der Waals surface area contributed by atoms with Gasteiger partial charge >= 0.3 is 5.69 Å². The van der Waals surface area contributed by atoms with Crippen LogP contribution in [0.1, 0.15) is 12.5 Å². The average Bonchev–Trinajstić information content (AvgIpc) is 2.93. The molecule has 130 valence electrons. The zero-order valence-electron chi connectivity index (χ0n) is 14.0. The van der Waals surface area contributed by atoms with E-state index < -0.39 is 6.04 Å². The highest BCUT2D eigenvalue weighted by atomic mass is 19.1. The minimum atomic E-state index is -0.413. The number of aromatic amines is 2. The second kappa shape index (κ2) is 6.90. The Morgan fingerprint density at radius 3 is 2.72 bits per heavy atom. The first-order valence-electron chi connectivity index (χ1n) is 7.90. The van der Waals surface area contributed by atoms with E-state index in [0.717, 1.165) is 5.56 Å². The van der Waals surface area contributed by atoms with Crippen LogP contribution in [-0.4, -0.2) is 33.9 Å². The van der Waals surface area contributed by atoms with E-state index in [4.69, 9.17) is 0 Å². The predicted molar refractivity (Wildman–Crippen MR) is 94.9 cm³/mol. The summed E-state index contributed by atoms with van der Waals surface area (Å²) in [5.41, 5.74) is 2.41. The van der Waals surface area contributed by atoms with Gasteiger partial charge in [0.25, 0.3) is 0 Å². The van der Waals surface area contributed by atoms with Gasteiger partial charge in [0.05, 0.1) is 17.1 Å². The molecule has 1 amide bonds. The maximum Gasteiger partial charge on any atom is 0.323 e. The lowest BCUT2D eigenvalue weighted by Gasteiger charge is -2.24. The molecule has 0 bridgehead atoms. The van der Waals surface area contributed by atoms with E-state index in [1.54, 1.807) is 31.2 Å². The molecule has 0 fully saturated rings. The molecule has 0 spiro atoms. The standard InChI is InChI=1S/C18H19FN4O2/c1-11(23(2)10-12-4-3-5-13(19)8-12)17(24)20-14-6-7-15-16(9-14)22-18(25)21-15/h3-9,11H,10H2,1-2H3,(H,20,24)(H2,21,22,25). The molecule has 1 heterocycles. The Bertz CT molecular complexity index is 963. The van der Waals surface area contributed by atoms with E-state index in [-0.39, 0.29) is 17.4 Å². The molecule has 0 aliphatic rings. The number of benzene rings is 2. The number of nitrogens with one attached hydrogen (secondary N) is 3. The van der Waals surface area contributed by atoms with Crippen molar-refractivity contribution in [1.82, 2.24) is 14.9 Å². The van der Waals surface area contributed by atoms with Crippen LogP contribution < -0.4 is 11.0 Å². The molecule has 6 nitrogen and oxygen atoms in total. The van der Waals surface area contributed by atoms with Crippen molar-refractivity contribution in [3.05, 3.63) is 64.3 Å². The van der Waals surface area contributed by atoms with Gasteiger partial charge in [0, 0.05) is 12.2 Å². The maximum atomic E-state index is 13.3. The molecule has 0 radical (unpaired) electrons. The number of fused-ring (bicyclic) bond motifs is 1. The number of hydrogen-bond donors (Lipinski definition) is 3. The van der Waals surface area contributed by atoms with Crippen LogP contribution in [0, 0.1) is 5.82 Å². The van der Waals surface area contributed by atoms with Crippen LogP contribution in [0.4, 0.5) is 10.1 Å². The molecule has 1 unspecified atom stereocenters. The number of carbonyl (C=O) groups excluding carboxylic acids is 1. The third-order valence-electron chi connectivity index (χ3n) is 4.15. The topological polar surface area (TPSA) is 81.0 Å². The minimum absolute atomic E-state index is 0.184. The number of nitrogens with zero attached hydrogens (tertiary/aromatic N) is 1. The molecule has 3 N–H and O–H groups in total. The van der Waals surface area contributed by atoms with E-state index >= 15 is 0 Å². The van der Waals surface area contributed by atoms with E-state index in [2.05, 4.69) is 15.3 Å². The highest BCUT2D eigenvalue weighted by molar-refractivity contribution is 5.96. The van der Waals surface area contributed by atoms with Gasteiger partial charge in [-0.25, -0.2) is 9.18 Å². The summed E-state index contributed by atoms with van der Waals surface area (Å²) in [5.74, 6) is -0.479. The highest BCUT2D eigenvalue weighted by Gasteiger charge is 2.18. The normalized spacial score (nSPS) is 12.5. The summed E-state index contributed by atoms with van der Waals surface area (Å²) in [6.45, 7) is 2.24. The molecule has 3 rings (SSSR count). The van der Waals surface area contributed by atoms with E-state index in [1.807, 2.05) is 18.0 Å². The van der Waals surface area contributed by atoms with E-state index in [1.165, 1.54) is 12.1 Å². The van der Waals surface area contributed by atoms with Crippen molar-refractivity contribution in [3.63, 3.8) is 0 Å². The summed E-state index contributed by atoms with van der Waals surface area (Å²) in [6, 6.07) is 11.1. The second-order valence-corrected chi connectivity index (χ2v) is 6.05. The van der Waals surface area contributed by atoms with Crippen molar-refractivity contribution in [1.29, 1.82) is 0 Å². The Kier molecular flexibility index (Phi) is 4.67. The number of H-pyrrole nitrogens is 2. The van der Waals surface area contributed by atoms with Gasteiger partial charge in [-0.15, -0.1) is 0 Å². The van der Waals surface area contributed by atoms with Crippen molar-refractivity contribution < 1.29 is 9.18 Å². The molecule has 0 saturated carbocycles. The predicted octanol–water partition coefficient (Wildman–Crippen LogP) is 2.45. The smallest absolute Gasteiger partial charge is 0.323 e. The van der Waals surface area contributed by atoms with Crippen LogP contribution in [0.3, 0.4) is 0 Å². The first-order chi connectivity index (χ1) is 11.9. The fourth-order valence-corrected chi connectivity index (χ4v) is 2.62. The number of rotatable bonds is 5. The molecule has 3 aromatic rings. The van der Waals surface area contributed by atoms with Crippen molar-refractivity contribution in [2.24, 2.45) is 0 Å². The van der Waals surface area contributed by atoms with Crippen molar-refractivity contribution in [2.75, 3.05) is 12.4 Å². The number of likely N-dealkylation sites (N-methyl/N-ethyl adjacent to an activating group) is 1. The number of anilines is 1. The van der Waals surface area contributed by atoms with Crippen LogP contribution in [0.25, 0.3) is 11.0 Å². The van der Waals surface area contributed by atoms with Gasteiger partial charge in [0.15, 0.2) is 0 Å². The molecule has 25 heavy (non-hydrogen) atoms. The Morgan fingerprint density at radius 2 is 1.96 bits per heavy atom. The molecule has 0 aliphatic heterocycles. The molecular weight excluding hydrogens is 323 g/mol. The number of aromatic nitrogens is 2. The molecule has 1 aromatic heterocycles. The van der Waals surface area contributed by atoms with Gasteiger partial charge in [-0.3, -0.25) is 9.69 Å². The van der Waals surface area contributed by atoms with Gasteiger partial charge in [0.2, 0.25) is 5.91 Å². The average molecular weight is 342 g/mol. The molecule has 1 atom stereocenters. The first-order valence-corrected chi connectivity index (χ1v) is 7.90. The van der Waals surface area contributed by atoms with E-state index in [0.29, 0.717) is 23.3 Å². The first kappa shape index (κ1) is 16.9. The summed E-state index contributed by atoms with van der Waals surface area (Å²) in [6.07, 6.45) is 0. The molecule has 0 saturated heterocycles. The van der Waals surface area contributed by atoms with Gasteiger partial charge in [0.1, 0.15) is 5.82 Å². The lowest BCUT2D eigenvalue weighted by Crippen LogP contribution is -2.39. The Hall–Kier alpha value is -2.93. The molecular formula is C18H19FN4O2. The number of hydrogen-bond acceptors (Lipinski definition) is 3. The summed E-state index contributed by atoms with van der Waals surface area (Å²) in [7, 11) is 1.81. The minimum Gasteiger partial charge on any atom is -0.325 e. The lowest BCUT2D eigenvalue weighted by atomic mass is 10.1. The molecule has 0 aliphatic carbocycles. The Morgan fingerprint density at radius 1 is 1.20 bits per heavy atom. The van der Waals surface area contributed by atoms with Gasteiger partial charge < -0.3 is 15.3 Å². The van der Waals surface area contributed by atoms with Crippen LogP contribution in [0.5, 0.6) is 0 Å². The lowest BCUT2D eigenvalue weighted by molar-refractivity contribution is -0.120. The van der Waals surface area contributed by atoms with Gasteiger partial charge in [-0.05, 0) is 49.9 Å². The van der Waals surface area contributed by atoms with Crippen LogP contribution in [-0.2, 0) is 11.3 Å².